The van der Waals surface area contributed by atoms with Crippen molar-refractivity contribution in [3.8, 4) is 5.75 Å². The van der Waals surface area contributed by atoms with E-state index in [-0.39, 0.29) is 17.1 Å². The summed E-state index contributed by atoms with van der Waals surface area (Å²) in [5.74, 6) is -0.0930. The molecular weight excluding hydrogens is 330 g/mol. The molecule has 1 aliphatic heterocycles. The average molecular weight is 356 g/mol. The third-order valence-electron chi connectivity index (χ3n) is 4.67. The molecule has 0 radical (unpaired) electrons. The quantitative estimate of drug-likeness (QED) is 0.789. The zero-order chi connectivity index (χ0) is 18.4. The number of alkyl halides is 2. The number of amides is 1. The molecule has 0 unspecified atom stereocenters. The van der Waals surface area contributed by atoms with Crippen LogP contribution >= 0.6 is 0 Å². The molecule has 0 spiro atoms. The fourth-order valence-corrected chi connectivity index (χ4v) is 3.36. The minimum Gasteiger partial charge on any atom is -0.434 e. The highest BCUT2D eigenvalue weighted by molar-refractivity contribution is 5.94. The van der Waals surface area contributed by atoms with Crippen molar-refractivity contribution in [1.29, 1.82) is 0 Å². The van der Waals surface area contributed by atoms with Crippen molar-refractivity contribution in [2.24, 2.45) is 5.41 Å². The molecule has 0 saturated carbocycles. The van der Waals surface area contributed by atoms with Crippen LogP contribution < -0.4 is 15.4 Å². The van der Waals surface area contributed by atoms with E-state index >= 15 is 0 Å². The minimum atomic E-state index is -2.88. The Labute approximate surface area is 147 Å². The molecule has 1 saturated heterocycles. The Morgan fingerprint density at radius 1 is 1.28 bits per heavy atom. The molecule has 7 heteroatoms. The summed E-state index contributed by atoms with van der Waals surface area (Å²) in [6, 6.07) is 3.15. The number of rotatable bonds is 7. The number of ether oxygens (including phenoxy) is 2. The van der Waals surface area contributed by atoms with Crippen molar-refractivity contribution < 1.29 is 23.0 Å². The van der Waals surface area contributed by atoms with Crippen LogP contribution in [-0.2, 0) is 4.74 Å². The van der Waals surface area contributed by atoms with Gasteiger partial charge >= 0.3 is 6.61 Å². The number of aryl methyl sites for hydroxylation is 2. The number of benzene rings is 1. The number of carbonyl (C=O) groups is 1. The molecule has 5 nitrogen and oxygen atoms in total. The van der Waals surface area contributed by atoms with Crippen LogP contribution in [0.1, 0.15) is 34.3 Å². The van der Waals surface area contributed by atoms with Crippen molar-refractivity contribution in [3.05, 3.63) is 28.8 Å². The molecule has 25 heavy (non-hydrogen) atoms. The summed E-state index contributed by atoms with van der Waals surface area (Å²) >= 11 is 0. The van der Waals surface area contributed by atoms with Gasteiger partial charge in [-0.15, -0.1) is 0 Å². The molecule has 2 N–H and O–H groups in total. The first-order valence-electron chi connectivity index (χ1n) is 8.41. The predicted octanol–water partition coefficient (Wildman–Crippen LogP) is 2.65. The molecule has 1 amide bonds. The van der Waals surface area contributed by atoms with Crippen LogP contribution in [0.4, 0.5) is 8.78 Å². The Hall–Kier alpha value is -1.73. The largest absolute Gasteiger partial charge is 0.434 e. The van der Waals surface area contributed by atoms with Crippen molar-refractivity contribution in [1.82, 2.24) is 10.6 Å². The van der Waals surface area contributed by atoms with Crippen molar-refractivity contribution >= 4 is 5.91 Å². The van der Waals surface area contributed by atoms with Gasteiger partial charge in [0, 0.05) is 24.6 Å². The maximum atomic E-state index is 12.5. The first-order valence-corrected chi connectivity index (χ1v) is 8.41. The van der Waals surface area contributed by atoms with Gasteiger partial charge in [-0.05, 0) is 63.0 Å². The number of methoxy groups -OCH3 is 1. The number of hydrogen-bond acceptors (Lipinski definition) is 4. The molecule has 0 bridgehead atoms. The average Bonchev–Trinajstić information content (AvgIpc) is 2.57. The zero-order valence-electron chi connectivity index (χ0n) is 15.0. The van der Waals surface area contributed by atoms with Crippen LogP contribution in [0, 0.1) is 19.3 Å². The predicted molar refractivity (Wildman–Crippen MR) is 91.3 cm³/mol. The van der Waals surface area contributed by atoms with E-state index in [4.69, 9.17) is 4.74 Å². The molecule has 1 fully saturated rings. The Kier molecular flexibility index (Phi) is 6.72. The molecule has 2 rings (SSSR count). The monoisotopic (exact) mass is 356 g/mol. The van der Waals surface area contributed by atoms with Crippen LogP contribution in [0.3, 0.4) is 0 Å². The van der Waals surface area contributed by atoms with Crippen molar-refractivity contribution in [3.63, 3.8) is 0 Å². The highest BCUT2D eigenvalue weighted by atomic mass is 19.3. The summed E-state index contributed by atoms with van der Waals surface area (Å²) < 4.78 is 34.8. The van der Waals surface area contributed by atoms with Crippen LogP contribution in [0.15, 0.2) is 12.1 Å². The van der Waals surface area contributed by atoms with E-state index in [0.29, 0.717) is 29.8 Å². The Morgan fingerprint density at radius 2 is 1.88 bits per heavy atom. The Balaban J connectivity index is 2.07. The number of hydrogen-bond donors (Lipinski definition) is 2. The van der Waals surface area contributed by atoms with E-state index in [0.717, 1.165) is 25.9 Å². The van der Waals surface area contributed by atoms with Gasteiger partial charge in [-0.3, -0.25) is 4.79 Å². The van der Waals surface area contributed by atoms with E-state index in [9.17, 15) is 13.6 Å². The van der Waals surface area contributed by atoms with Crippen LogP contribution in [-0.4, -0.2) is 45.9 Å². The van der Waals surface area contributed by atoms with Crippen molar-refractivity contribution in [2.45, 2.75) is 33.3 Å². The minimum absolute atomic E-state index is 0.0710. The fraction of sp³-hybridized carbons (Fsp3) is 0.611. The highest BCUT2D eigenvalue weighted by Gasteiger charge is 2.32. The smallest absolute Gasteiger partial charge is 0.387 e. The second-order valence-corrected chi connectivity index (χ2v) is 6.68. The topological polar surface area (TPSA) is 59.6 Å². The second kappa shape index (κ2) is 8.58. The molecule has 1 aliphatic rings. The van der Waals surface area contributed by atoms with E-state index in [1.807, 2.05) is 0 Å². The first kappa shape index (κ1) is 19.6. The molecular formula is C18H26F2N2O3. The van der Waals surface area contributed by atoms with Gasteiger partial charge in [0.2, 0.25) is 0 Å². The zero-order valence-corrected chi connectivity index (χ0v) is 15.0. The van der Waals surface area contributed by atoms with Gasteiger partial charge in [0.25, 0.3) is 5.91 Å². The molecule has 1 aromatic carbocycles. The molecule has 1 heterocycles. The van der Waals surface area contributed by atoms with Gasteiger partial charge in [-0.25, -0.2) is 0 Å². The van der Waals surface area contributed by atoms with E-state index in [1.165, 1.54) is 0 Å². The lowest BCUT2D eigenvalue weighted by molar-refractivity contribution is -0.0507. The van der Waals surface area contributed by atoms with Gasteiger partial charge in [-0.1, -0.05) is 0 Å². The maximum absolute atomic E-state index is 12.5. The molecule has 0 aromatic heterocycles. The lowest BCUT2D eigenvalue weighted by Gasteiger charge is -2.37. The van der Waals surface area contributed by atoms with Crippen LogP contribution in [0.25, 0.3) is 0 Å². The third kappa shape index (κ3) is 5.12. The molecule has 140 valence electrons. The van der Waals surface area contributed by atoms with Crippen molar-refractivity contribution in [2.75, 3.05) is 33.4 Å². The maximum Gasteiger partial charge on any atom is 0.387 e. The van der Waals surface area contributed by atoms with Gasteiger partial charge in [0.15, 0.2) is 0 Å². The molecule has 0 atom stereocenters. The Bertz CT molecular complexity index is 573. The van der Waals surface area contributed by atoms with E-state index < -0.39 is 6.61 Å². The van der Waals surface area contributed by atoms with Crippen LogP contribution in [0.5, 0.6) is 5.75 Å². The summed E-state index contributed by atoms with van der Waals surface area (Å²) in [4.78, 5) is 12.5. The number of halogens is 2. The van der Waals surface area contributed by atoms with Gasteiger partial charge in [0.05, 0.1) is 6.61 Å². The fourth-order valence-electron chi connectivity index (χ4n) is 3.36. The lowest BCUT2D eigenvalue weighted by atomic mass is 9.79. The third-order valence-corrected chi connectivity index (χ3v) is 4.67. The molecule has 0 aliphatic carbocycles. The number of piperidine rings is 1. The molecule has 1 aromatic rings. The highest BCUT2D eigenvalue weighted by Crippen LogP contribution is 2.29. The van der Waals surface area contributed by atoms with Gasteiger partial charge < -0.3 is 20.1 Å². The standard InChI is InChI=1S/C18H26F2N2O3/c1-12-8-14(9-13(2)15(12)25-17(19)20)16(23)22-10-18(11-24-3)4-6-21-7-5-18/h8-9,17,21H,4-7,10-11H2,1-3H3,(H,22,23). The number of carbonyl (C=O) groups excluding carboxylic acids is 1. The lowest BCUT2D eigenvalue weighted by Crippen LogP contribution is -2.47. The van der Waals surface area contributed by atoms with E-state index in [2.05, 4.69) is 15.4 Å². The summed E-state index contributed by atoms with van der Waals surface area (Å²) in [5, 5.41) is 6.28. The first-order chi connectivity index (χ1) is 11.9. The van der Waals surface area contributed by atoms with Gasteiger partial charge in [-0.2, -0.15) is 8.78 Å². The second-order valence-electron chi connectivity index (χ2n) is 6.68. The van der Waals surface area contributed by atoms with Crippen LogP contribution in [0.2, 0.25) is 0 Å². The van der Waals surface area contributed by atoms with Gasteiger partial charge in [0.1, 0.15) is 5.75 Å². The SMILES string of the molecule is COCC1(CNC(=O)c2cc(C)c(OC(F)F)c(C)c2)CCNCC1. The van der Waals surface area contributed by atoms with E-state index in [1.54, 1.807) is 33.1 Å². The number of nitrogens with one attached hydrogen (secondary N) is 2. The summed E-state index contributed by atoms with van der Waals surface area (Å²) in [6.45, 7) is 3.34. The summed E-state index contributed by atoms with van der Waals surface area (Å²) in [7, 11) is 1.67. The summed E-state index contributed by atoms with van der Waals surface area (Å²) in [5.41, 5.74) is 1.40. The Morgan fingerprint density at radius 3 is 2.40 bits per heavy atom. The summed E-state index contributed by atoms with van der Waals surface area (Å²) in [6.07, 6.45) is 1.86. The normalized spacial score (nSPS) is 16.7.